The van der Waals surface area contributed by atoms with E-state index in [2.05, 4.69) is 26.2 Å². The van der Waals surface area contributed by atoms with Crippen LogP contribution >= 0.6 is 15.9 Å². The Morgan fingerprint density at radius 1 is 1.20 bits per heavy atom. The van der Waals surface area contributed by atoms with Crippen molar-refractivity contribution in [2.75, 3.05) is 11.1 Å². The van der Waals surface area contributed by atoms with E-state index in [-0.39, 0.29) is 0 Å². The first-order valence-electron chi connectivity index (χ1n) is 6.23. The molecule has 0 unspecified atom stereocenters. The highest BCUT2D eigenvalue weighted by Crippen LogP contribution is 2.29. The maximum absolute atomic E-state index is 5.87. The minimum absolute atomic E-state index is 0.444. The van der Waals surface area contributed by atoms with Crippen LogP contribution in [0.15, 0.2) is 39.2 Å². The monoisotopic (exact) mass is 331 g/mol. The molecule has 2 aromatic carbocycles. The predicted octanol–water partition coefficient (Wildman–Crippen LogP) is 4.53. The predicted molar refractivity (Wildman–Crippen MR) is 85.3 cm³/mol. The van der Waals surface area contributed by atoms with Gasteiger partial charge in [0.25, 0.3) is 6.01 Å². The summed E-state index contributed by atoms with van der Waals surface area (Å²) in [6, 6.07) is 10.0. The summed E-state index contributed by atoms with van der Waals surface area (Å²) in [7, 11) is 0. The number of para-hydroxylation sites is 1. The molecule has 3 aromatic rings. The molecule has 1 heterocycles. The van der Waals surface area contributed by atoms with Crippen LogP contribution in [-0.4, -0.2) is 4.98 Å². The van der Waals surface area contributed by atoms with Gasteiger partial charge < -0.3 is 15.5 Å². The summed E-state index contributed by atoms with van der Waals surface area (Å²) in [5, 5.41) is 3.18. The molecule has 0 amide bonds. The van der Waals surface area contributed by atoms with E-state index in [9.17, 15) is 0 Å². The summed E-state index contributed by atoms with van der Waals surface area (Å²) in [5.74, 6) is 0. The van der Waals surface area contributed by atoms with Gasteiger partial charge in [-0.15, -0.1) is 0 Å². The number of hydrogen-bond acceptors (Lipinski definition) is 4. The molecule has 0 aliphatic heterocycles. The van der Waals surface area contributed by atoms with E-state index in [4.69, 9.17) is 10.2 Å². The van der Waals surface area contributed by atoms with Crippen LogP contribution in [-0.2, 0) is 0 Å². The summed E-state index contributed by atoms with van der Waals surface area (Å²) in [6.07, 6.45) is 0. The second-order valence-electron chi connectivity index (χ2n) is 4.76. The number of aromatic nitrogens is 1. The number of halogens is 1. The quantitative estimate of drug-likeness (QED) is 0.677. The molecule has 3 rings (SSSR count). The Morgan fingerprint density at radius 2 is 1.90 bits per heavy atom. The zero-order chi connectivity index (χ0) is 14.3. The van der Waals surface area contributed by atoms with Crippen molar-refractivity contribution in [3.63, 3.8) is 0 Å². The van der Waals surface area contributed by atoms with E-state index in [1.165, 1.54) is 0 Å². The van der Waals surface area contributed by atoms with Crippen LogP contribution in [0.3, 0.4) is 0 Å². The fourth-order valence-electron chi connectivity index (χ4n) is 2.16. The van der Waals surface area contributed by atoms with E-state index in [1.807, 2.05) is 44.2 Å². The molecule has 0 saturated heterocycles. The second-order valence-corrected chi connectivity index (χ2v) is 5.56. The van der Waals surface area contributed by atoms with Gasteiger partial charge in [-0.25, -0.2) is 0 Å². The summed E-state index contributed by atoms with van der Waals surface area (Å²) in [5.41, 5.74) is 11.1. The van der Waals surface area contributed by atoms with Crippen molar-refractivity contribution in [2.24, 2.45) is 0 Å². The van der Waals surface area contributed by atoms with Gasteiger partial charge in [0.05, 0.1) is 5.69 Å². The number of nitrogen functional groups attached to an aromatic ring is 1. The molecule has 5 heteroatoms. The summed E-state index contributed by atoms with van der Waals surface area (Å²) >= 11 is 3.55. The Labute approximate surface area is 125 Å². The van der Waals surface area contributed by atoms with Crippen molar-refractivity contribution >= 4 is 44.4 Å². The molecule has 0 bridgehead atoms. The van der Waals surface area contributed by atoms with Gasteiger partial charge in [-0.3, -0.25) is 0 Å². The Bertz CT molecular complexity index is 772. The first-order chi connectivity index (χ1) is 9.54. The van der Waals surface area contributed by atoms with Crippen LogP contribution in [0.2, 0.25) is 0 Å². The Morgan fingerprint density at radius 3 is 2.55 bits per heavy atom. The highest BCUT2D eigenvalue weighted by Gasteiger charge is 2.09. The Hall–Kier alpha value is -2.01. The molecule has 0 aliphatic carbocycles. The number of nitrogens with one attached hydrogen (secondary N) is 1. The average Bonchev–Trinajstić information content (AvgIpc) is 2.80. The van der Waals surface area contributed by atoms with Crippen molar-refractivity contribution in [3.8, 4) is 0 Å². The van der Waals surface area contributed by atoms with Crippen LogP contribution in [0.4, 0.5) is 17.4 Å². The summed E-state index contributed by atoms with van der Waals surface area (Å²) in [6.45, 7) is 4.10. The lowest BCUT2D eigenvalue weighted by atomic mass is 10.1. The van der Waals surface area contributed by atoms with Crippen LogP contribution in [0.5, 0.6) is 0 Å². The van der Waals surface area contributed by atoms with Gasteiger partial charge >= 0.3 is 0 Å². The number of rotatable bonds is 2. The number of aryl methyl sites for hydroxylation is 2. The minimum atomic E-state index is 0.444. The zero-order valence-corrected chi connectivity index (χ0v) is 12.8. The lowest BCUT2D eigenvalue weighted by molar-refractivity contribution is 0.623. The zero-order valence-electron chi connectivity index (χ0n) is 11.2. The van der Waals surface area contributed by atoms with Gasteiger partial charge in [0, 0.05) is 10.2 Å². The molecule has 0 atom stereocenters. The fourth-order valence-corrected chi connectivity index (χ4v) is 2.39. The summed E-state index contributed by atoms with van der Waals surface area (Å²) < 4.78 is 6.76. The third-order valence-corrected chi connectivity index (χ3v) is 4.39. The highest BCUT2D eigenvalue weighted by atomic mass is 79.9. The van der Waals surface area contributed by atoms with Gasteiger partial charge in [-0.1, -0.05) is 22.0 Å². The molecule has 0 radical (unpaired) electrons. The minimum Gasteiger partial charge on any atom is -0.423 e. The first kappa shape index (κ1) is 13.0. The maximum Gasteiger partial charge on any atom is 0.300 e. The standard InChI is InChI=1S/C15H14BrN3O/c1-8-6-10(7-9(2)13(8)16)18-15-19-14-11(17)4-3-5-12(14)20-15/h3-7H,17H2,1-2H3,(H,18,19). The highest BCUT2D eigenvalue weighted by molar-refractivity contribution is 9.10. The van der Waals surface area contributed by atoms with Crippen LogP contribution < -0.4 is 11.1 Å². The van der Waals surface area contributed by atoms with Crippen LogP contribution in [0.25, 0.3) is 11.1 Å². The van der Waals surface area contributed by atoms with Gasteiger partial charge in [0.15, 0.2) is 5.58 Å². The molecule has 0 fully saturated rings. The van der Waals surface area contributed by atoms with Gasteiger partial charge in [0.2, 0.25) is 0 Å². The topological polar surface area (TPSA) is 64.1 Å². The smallest absolute Gasteiger partial charge is 0.300 e. The van der Waals surface area contributed by atoms with E-state index in [0.717, 1.165) is 21.3 Å². The maximum atomic E-state index is 5.87. The van der Waals surface area contributed by atoms with Crippen molar-refractivity contribution in [1.29, 1.82) is 0 Å². The Kier molecular flexibility index (Phi) is 3.14. The lowest BCUT2D eigenvalue weighted by Gasteiger charge is -2.07. The number of nitrogens with two attached hydrogens (primary N) is 1. The first-order valence-corrected chi connectivity index (χ1v) is 7.02. The van der Waals surface area contributed by atoms with Crippen molar-refractivity contribution < 1.29 is 4.42 Å². The van der Waals surface area contributed by atoms with E-state index in [1.54, 1.807) is 0 Å². The van der Waals surface area contributed by atoms with E-state index < -0.39 is 0 Å². The molecule has 1 aromatic heterocycles. The number of fused-ring (bicyclic) bond motifs is 1. The van der Waals surface area contributed by atoms with Crippen LogP contribution in [0, 0.1) is 13.8 Å². The van der Waals surface area contributed by atoms with Crippen molar-refractivity contribution in [2.45, 2.75) is 13.8 Å². The third kappa shape index (κ3) is 2.25. The molecular formula is C15H14BrN3O. The van der Waals surface area contributed by atoms with Gasteiger partial charge in [-0.05, 0) is 49.2 Å². The van der Waals surface area contributed by atoms with Crippen molar-refractivity contribution in [1.82, 2.24) is 4.98 Å². The molecule has 0 aliphatic rings. The Balaban J connectivity index is 1.99. The van der Waals surface area contributed by atoms with Gasteiger partial charge in [-0.2, -0.15) is 4.98 Å². The number of nitrogens with zero attached hydrogens (tertiary/aromatic N) is 1. The molecule has 0 saturated carbocycles. The number of hydrogen-bond donors (Lipinski definition) is 2. The number of oxazole rings is 1. The number of anilines is 3. The molecule has 102 valence electrons. The SMILES string of the molecule is Cc1cc(Nc2nc3c(N)cccc3o2)cc(C)c1Br. The van der Waals surface area contributed by atoms with Crippen molar-refractivity contribution in [3.05, 3.63) is 45.9 Å². The van der Waals surface area contributed by atoms with E-state index >= 15 is 0 Å². The van der Waals surface area contributed by atoms with Gasteiger partial charge in [0.1, 0.15) is 5.52 Å². The lowest BCUT2D eigenvalue weighted by Crippen LogP contribution is -1.93. The molecule has 20 heavy (non-hydrogen) atoms. The fraction of sp³-hybridized carbons (Fsp3) is 0.133. The summed E-state index contributed by atoms with van der Waals surface area (Å²) in [4.78, 5) is 4.37. The molecule has 4 nitrogen and oxygen atoms in total. The number of benzene rings is 2. The molecule has 3 N–H and O–H groups in total. The molecular weight excluding hydrogens is 318 g/mol. The van der Waals surface area contributed by atoms with Crippen LogP contribution in [0.1, 0.15) is 11.1 Å². The normalized spacial score (nSPS) is 10.9. The second kappa shape index (κ2) is 4.83. The van der Waals surface area contributed by atoms with E-state index in [0.29, 0.717) is 22.8 Å². The molecule has 0 spiro atoms. The average molecular weight is 332 g/mol. The largest absolute Gasteiger partial charge is 0.423 e. The third-order valence-electron chi connectivity index (χ3n) is 3.14.